The molecule has 0 heterocycles. The Balaban J connectivity index is 4.50. The summed E-state index contributed by atoms with van der Waals surface area (Å²) < 4.78 is 17.3. The van der Waals surface area contributed by atoms with E-state index in [9.17, 15) is 0 Å². The number of rotatable bonds is 13. The molecular formula is C12H31N3O3Si. The highest BCUT2D eigenvalue weighted by Gasteiger charge is 2.40. The zero-order valence-corrected chi connectivity index (χ0v) is 13.4. The predicted molar refractivity (Wildman–Crippen MR) is 79.7 cm³/mol. The molecule has 0 saturated carbocycles. The first-order valence-corrected chi connectivity index (χ1v) is 8.99. The Bertz CT molecular complexity index is 199. The Labute approximate surface area is 118 Å². The summed E-state index contributed by atoms with van der Waals surface area (Å²) in [7, 11) is 0.707. The minimum absolute atomic E-state index is 0.108. The van der Waals surface area contributed by atoms with Gasteiger partial charge in [0, 0.05) is 26.4 Å². The van der Waals surface area contributed by atoms with Gasteiger partial charge in [-0.3, -0.25) is 0 Å². The van der Waals surface area contributed by atoms with Crippen molar-refractivity contribution in [3.05, 3.63) is 0 Å². The summed E-state index contributed by atoms with van der Waals surface area (Å²) in [5, 5.41) is 0. The standard InChI is InChI=1S/C12H31N3O3Si/c1-16-19(17-2,11-5-10-15)18-12(6-3-8-13)7-4-9-14/h12H,3-11,13-15H2,1-2H3. The van der Waals surface area contributed by atoms with Gasteiger partial charge >= 0.3 is 8.80 Å². The van der Waals surface area contributed by atoms with Gasteiger partial charge in [-0.1, -0.05) is 0 Å². The van der Waals surface area contributed by atoms with Crippen LogP contribution >= 0.6 is 0 Å². The van der Waals surface area contributed by atoms with E-state index in [0.29, 0.717) is 19.6 Å². The maximum Gasteiger partial charge on any atom is 0.500 e. The van der Waals surface area contributed by atoms with Gasteiger partial charge in [-0.05, 0) is 51.7 Å². The Morgan fingerprint density at radius 1 is 0.842 bits per heavy atom. The van der Waals surface area contributed by atoms with Crippen LogP contribution < -0.4 is 17.2 Å². The molecule has 0 radical (unpaired) electrons. The van der Waals surface area contributed by atoms with Crippen molar-refractivity contribution in [2.45, 2.75) is 44.3 Å². The van der Waals surface area contributed by atoms with Gasteiger partial charge in [-0.15, -0.1) is 0 Å². The van der Waals surface area contributed by atoms with Gasteiger partial charge in [0.15, 0.2) is 0 Å². The quantitative estimate of drug-likeness (QED) is 0.425. The van der Waals surface area contributed by atoms with Crippen LogP contribution in [0.5, 0.6) is 0 Å². The normalized spacial score (nSPS) is 12.3. The summed E-state index contributed by atoms with van der Waals surface area (Å²) in [6.45, 7) is 1.95. The number of nitrogens with two attached hydrogens (primary N) is 3. The molecule has 6 N–H and O–H groups in total. The van der Waals surface area contributed by atoms with Crippen LogP contribution in [-0.4, -0.2) is 48.8 Å². The molecule has 0 rings (SSSR count). The SMILES string of the molecule is CO[Si](CCCN)(OC)OC(CCCN)CCCN. The zero-order chi connectivity index (χ0) is 14.6. The van der Waals surface area contributed by atoms with Crippen LogP contribution in [0.25, 0.3) is 0 Å². The van der Waals surface area contributed by atoms with Crippen molar-refractivity contribution < 1.29 is 13.3 Å². The second kappa shape index (κ2) is 11.8. The summed E-state index contributed by atoms with van der Waals surface area (Å²) in [6, 6.07) is 0.748. The van der Waals surface area contributed by atoms with Gasteiger partial charge in [0.2, 0.25) is 0 Å². The van der Waals surface area contributed by atoms with Gasteiger partial charge in [0.1, 0.15) is 0 Å². The molecule has 0 unspecified atom stereocenters. The van der Waals surface area contributed by atoms with Crippen LogP contribution in [0, 0.1) is 0 Å². The summed E-state index contributed by atoms with van der Waals surface area (Å²) in [5.41, 5.74) is 16.7. The Morgan fingerprint density at radius 3 is 1.68 bits per heavy atom. The van der Waals surface area contributed by atoms with Gasteiger partial charge in [-0.25, -0.2) is 0 Å². The third-order valence-corrected chi connectivity index (χ3v) is 6.02. The van der Waals surface area contributed by atoms with E-state index in [2.05, 4.69) is 0 Å². The van der Waals surface area contributed by atoms with Gasteiger partial charge in [0.25, 0.3) is 0 Å². The summed E-state index contributed by atoms with van der Waals surface area (Å²) in [4.78, 5) is 0. The molecule has 0 aliphatic carbocycles. The van der Waals surface area contributed by atoms with Crippen LogP contribution in [0.4, 0.5) is 0 Å². The smallest absolute Gasteiger partial charge is 0.377 e. The van der Waals surface area contributed by atoms with Crippen molar-refractivity contribution >= 4 is 8.80 Å². The molecule has 0 saturated heterocycles. The van der Waals surface area contributed by atoms with Crippen LogP contribution in [0.3, 0.4) is 0 Å². The Kier molecular flexibility index (Phi) is 11.8. The third-order valence-electron chi connectivity index (χ3n) is 3.12. The van der Waals surface area contributed by atoms with Gasteiger partial charge in [0.05, 0.1) is 0 Å². The fraction of sp³-hybridized carbons (Fsp3) is 1.00. The maximum absolute atomic E-state index is 6.17. The lowest BCUT2D eigenvalue weighted by atomic mass is 10.1. The molecule has 0 atom stereocenters. The highest BCUT2D eigenvalue weighted by Crippen LogP contribution is 2.22. The average molecular weight is 293 g/mol. The molecule has 0 aromatic heterocycles. The lowest BCUT2D eigenvalue weighted by molar-refractivity contribution is 0.0457. The highest BCUT2D eigenvalue weighted by molar-refractivity contribution is 6.60. The summed E-state index contributed by atoms with van der Waals surface area (Å²) >= 11 is 0. The number of hydrogen-bond acceptors (Lipinski definition) is 6. The van der Waals surface area contributed by atoms with E-state index in [0.717, 1.165) is 38.1 Å². The Hall–Kier alpha value is -0.0231. The van der Waals surface area contributed by atoms with Crippen molar-refractivity contribution in [1.29, 1.82) is 0 Å². The largest absolute Gasteiger partial charge is 0.500 e. The van der Waals surface area contributed by atoms with Crippen LogP contribution in [-0.2, 0) is 13.3 Å². The molecule has 7 heteroatoms. The van der Waals surface area contributed by atoms with Crippen molar-refractivity contribution in [2.24, 2.45) is 17.2 Å². The molecule has 0 spiro atoms. The van der Waals surface area contributed by atoms with E-state index in [1.165, 1.54) is 0 Å². The van der Waals surface area contributed by atoms with E-state index < -0.39 is 8.80 Å². The van der Waals surface area contributed by atoms with Crippen molar-refractivity contribution in [2.75, 3.05) is 33.9 Å². The van der Waals surface area contributed by atoms with Crippen LogP contribution in [0.1, 0.15) is 32.1 Å². The first-order chi connectivity index (χ1) is 9.17. The first kappa shape index (κ1) is 19.0. The second-order valence-corrected chi connectivity index (χ2v) is 7.50. The predicted octanol–water partition coefficient (Wildman–Crippen LogP) is 0.430. The highest BCUT2D eigenvalue weighted by atomic mass is 28.4. The molecule has 0 aromatic rings. The van der Waals surface area contributed by atoms with Gasteiger partial charge < -0.3 is 30.5 Å². The molecule has 0 fully saturated rings. The van der Waals surface area contributed by atoms with E-state index in [1.807, 2.05) is 0 Å². The third kappa shape index (κ3) is 7.98. The molecule has 19 heavy (non-hydrogen) atoms. The van der Waals surface area contributed by atoms with E-state index in [1.54, 1.807) is 14.2 Å². The van der Waals surface area contributed by atoms with Crippen LogP contribution in [0.15, 0.2) is 0 Å². The van der Waals surface area contributed by atoms with Crippen molar-refractivity contribution in [3.8, 4) is 0 Å². The molecule has 116 valence electrons. The molecule has 0 amide bonds. The van der Waals surface area contributed by atoms with E-state index in [4.69, 9.17) is 30.5 Å². The van der Waals surface area contributed by atoms with E-state index >= 15 is 0 Å². The Morgan fingerprint density at radius 2 is 1.32 bits per heavy atom. The summed E-state index contributed by atoms with van der Waals surface area (Å²) in [6.07, 6.45) is 4.65. The molecule has 0 aliphatic heterocycles. The average Bonchev–Trinajstić information content (AvgIpc) is 2.46. The van der Waals surface area contributed by atoms with Crippen molar-refractivity contribution in [3.63, 3.8) is 0 Å². The minimum Gasteiger partial charge on any atom is -0.377 e. The zero-order valence-electron chi connectivity index (χ0n) is 12.4. The second-order valence-electron chi connectivity index (χ2n) is 4.59. The topological polar surface area (TPSA) is 106 Å². The lowest BCUT2D eigenvalue weighted by Gasteiger charge is -2.31. The molecule has 0 aliphatic rings. The monoisotopic (exact) mass is 293 g/mol. The summed E-state index contributed by atoms with van der Waals surface area (Å²) in [5.74, 6) is 0. The van der Waals surface area contributed by atoms with Crippen molar-refractivity contribution in [1.82, 2.24) is 0 Å². The number of hydrogen-bond donors (Lipinski definition) is 3. The molecule has 6 nitrogen and oxygen atoms in total. The first-order valence-electron chi connectivity index (χ1n) is 7.06. The minimum atomic E-state index is -2.59. The fourth-order valence-electron chi connectivity index (χ4n) is 1.97. The fourth-order valence-corrected chi connectivity index (χ4v) is 4.23. The molecular weight excluding hydrogens is 262 g/mol. The van der Waals surface area contributed by atoms with Gasteiger partial charge in [-0.2, -0.15) is 0 Å². The molecule has 0 bridgehead atoms. The molecule has 0 aromatic carbocycles. The maximum atomic E-state index is 6.17. The lowest BCUT2D eigenvalue weighted by Crippen LogP contribution is -2.47. The van der Waals surface area contributed by atoms with Crippen LogP contribution in [0.2, 0.25) is 6.04 Å². The van der Waals surface area contributed by atoms with E-state index in [-0.39, 0.29) is 6.10 Å².